The van der Waals surface area contributed by atoms with E-state index in [1.807, 2.05) is 24.3 Å². The van der Waals surface area contributed by atoms with Gasteiger partial charge in [0.05, 0.1) is 0 Å². The van der Waals surface area contributed by atoms with E-state index in [0.29, 0.717) is 0 Å². The molecule has 2 N–H and O–H groups in total. The fraction of sp³-hybridized carbons (Fsp3) is 0.250. The van der Waals surface area contributed by atoms with Crippen molar-refractivity contribution in [1.82, 2.24) is 5.32 Å². The van der Waals surface area contributed by atoms with Gasteiger partial charge in [-0.2, -0.15) is 0 Å². The molecule has 1 heterocycles. The number of nitrogens with one attached hydrogen (secondary N) is 1. The lowest BCUT2D eigenvalue weighted by Crippen LogP contribution is -2.13. The van der Waals surface area contributed by atoms with Crippen LogP contribution in [0, 0.1) is 0 Å². The quantitative estimate of drug-likeness (QED) is 0.469. The summed E-state index contributed by atoms with van der Waals surface area (Å²) in [5.74, 6) is 0. The summed E-state index contributed by atoms with van der Waals surface area (Å²) in [7, 11) is 0. The van der Waals surface area contributed by atoms with Crippen molar-refractivity contribution in [2.75, 3.05) is 0 Å². The summed E-state index contributed by atoms with van der Waals surface area (Å²) in [6.45, 7) is 0.765. The van der Waals surface area contributed by atoms with Gasteiger partial charge in [-0.3, -0.25) is 5.32 Å². The van der Waals surface area contributed by atoms with Crippen molar-refractivity contribution in [3.8, 4) is 0 Å². The number of rotatable bonds is 1. The molecular weight excluding hydrogens is 142 g/mol. The third-order valence-electron chi connectivity index (χ3n) is 1.92. The van der Waals surface area contributed by atoms with Crippen molar-refractivity contribution in [3.63, 3.8) is 0 Å². The maximum Gasteiger partial charge on any atom is 0.169 e. The lowest BCUT2D eigenvalue weighted by molar-refractivity contribution is -0.287. The second-order valence-electron chi connectivity index (χ2n) is 2.57. The third kappa shape index (κ3) is 1.03. The van der Waals surface area contributed by atoms with Crippen LogP contribution in [0.15, 0.2) is 24.3 Å². The van der Waals surface area contributed by atoms with Crippen molar-refractivity contribution < 1.29 is 10.1 Å². The van der Waals surface area contributed by atoms with Gasteiger partial charge in [-0.05, 0) is 5.56 Å². The first-order valence-electron chi connectivity index (χ1n) is 3.53. The van der Waals surface area contributed by atoms with E-state index in [1.54, 1.807) is 0 Å². The Labute approximate surface area is 64.5 Å². The van der Waals surface area contributed by atoms with Crippen LogP contribution in [0.2, 0.25) is 0 Å². The molecule has 0 saturated carbocycles. The maximum absolute atomic E-state index is 8.45. The normalized spacial score (nSPS) is 21.7. The average molecular weight is 151 g/mol. The van der Waals surface area contributed by atoms with Crippen LogP contribution < -0.4 is 5.32 Å². The molecule has 0 aliphatic carbocycles. The molecule has 3 nitrogen and oxygen atoms in total. The van der Waals surface area contributed by atoms with Crippen molar-refractivity contribution in [1.29, 1.82) is 0 Å². The highest BCUT2D eigenvalue weighted by Gasteiger charge is 2.21. The van der Waals surface area contributed by atoms with Gasteiger partial charge in [0, 0.05) is 12.1 Å². The minimum atomic E-state index is -0.341. The highest BCUT2D eigenvalue weighted by molar-refractivity contribution is 5.31. The standard InChI is InChI=1S/C8H9NO2/c10-11-8-7-4-2-1-3-6(7)5-9-8/h1-4,8-10H,5H2. The Balaban J connectivity index is 2.39. The first-order valence-corrected chi connectivity index (χ1v) is 3.53. The van der Waals surface area contributed by atoms with Crippen molar-refractivity contribution in [3.05, 3.63) is 35.4 Å². The topological polar surface area (TPSA) is 41.5 Å². The van der Waals surface area contributed by atoms with Crippen LogP contribution in [-0.4, -0.2) is 5.26 Å². The Morgan fingerprint density at radius 1 is 1.45 bits per heavy atom. The lowest BCUT2D eigenvalue weighted by Gasteiger charge is -2.05. The number of benzene rings is 1. The molecular formula is C8H9NO2. The molecule has 1 aliphatic rings. The third-order valence-corrected chi connectivity index (χ3v) is 1.92. The summed E-state index contributed by atoms with van der Waals surface area (Å²) < 4.78 is 0. The molecule has 1 unspecified atom stereocenters. The molecule has 0 bridgehead atoms. The Bertz CT molecular complexity index is 262. The smallest absolute Gasteiger partial charge is 0.169 e. The minimum Gasteiger partial charge on any atom is -0.282 e. The number of hydrogen-bond acceptors (Lipinski definition) is 3. The fourth-order valence-corrected chi connectivity index (χ4v) is 1.36. The van der Waals surface area contributed by atoms with E-state index in [4.69, 9.17) is 5.26 Å². The predicted molar refractivity (Wildman–Crippen MR) is 39.7 cm³/mol. The average Bonchev–Trinajstić information content (AvgIpc) is 2.47. The minimum absolute atomic E-state index is 0.341. The van der Waals surface area contributed by atoms with Crippen LogP contribution in [0.3, 0.4) is 0 Å². The zero-order valence-electron chi connectivity index (χ0n) is 5.95. The second-order valence-corrected chi connectivity index (χ2v) is 2.57. The SMILES string of the molecule is OOC1NCc2ccccc21. The summed E-state index contributed by atoms with van der Waals surface area (Å²) in [5, 5.41) is 11.4. The molecule has 0 spiro atoms. The van der Waals surface area contributed by atoms with E-state index in [9.17, 15) is 0 Å². The van der Waals surface area contributed by atoms with Gasteiger partial charge in [-0.1, -0.05) is 24.3 Å². The van der Waals surface area contributed by atoms with E-state index in [1.165, 1.54) is 5.56 Å². The molecule has 1 aliphatic heterocycles. The molecule has 11 heavy (non-hydrogen) atoms. The Kier molecular flexibility index (Phi) is 1.62. The first-order chi connectivity index (χ1) is 5.42. The monoisotopic (exact) mass is 151 g/mol. The van der Waals surface area contributed by atoms with Gasteiger partial charge in [0.1, 0.15) is 0 Å². The van der Waals surface area contributed by atoms with Crippen LogP contribution in [0.1, 0.15) is 17.4 Å². The predicted octanol–water partition coefficient (Wildman–Crippen LogP) is 1.28. The Morgan fingerprint density at radius 2 is 2.27 bits per heavy atom. The molecule has 1 aromatic rings. The highest BCUT2D eigenvalue weighted by atomic mass is 17.1. The molecule has 1 atom stereocenters. The van der Waals surface area contributed by atoms with Gasteiger partial charge in [-0.25, -0.2) is 10.1 Å². The molecule has 0 fully saturated rings. The number of fused-ring (bicyclic) bond motifs is 1. The van der Waals surface area contributed by atoms with Gasteiger partial charge in [0.2, 0.25) is 0 Å². The fourth-order valence-electron chi connectivity index (χ4n) is 1.36. The summed E-state index contributed by atoms with van der Waals surface area (Å²) >= 11 is 0. The summed E-state index contributed by atoms with van der Waals surface area (Å²) in [5.41, 5.74) is 2.21. The van der Waals surface area contributed by atoms with Gasteiger partial charge in [-0.15, -0.1) is 0 Å². The van der Waals surface area contributed by atoms with Gasteiger partial charge < -0.3 is 0 Å². The molecule has 0 radical (unpaired) electrons. The van der Waals surface area contributed by atoms with E-state index >= 15 is 0 Å². The van der Waals surface area contributed by atoms with E-state index in [2.05, 4.69) is 10.2 Å². The first kappa shape index (κ1) is 6.79. The molecule has 58 valence electrons. The van der Waals surface area contributed by atoms with Crippen LogP contribution in [0.5, 0.6) is 0 Å². The van der Waals surface area contributed by atoms with Gasteiger partial charge >= 0.3 is 0 Å². The zero-order chi connectivity index (χ0) is 7.68. The van der Waals surface area contributed by atoms with E-state index in [0.717, 1.165) is 12.1 Å². The molecule has 2 rings (SSSR count). The highest BCUT2D eigenvalue weighted by Crippen LogP contribution is 2.24. The summed E-state index contributed by atoms with van der Waals surface area (Å²) in [6.07, 6.45) is -0.341. The lowest BCUT2D eigenvalue weighted by atomic mass is 10.1. The molecule has 0 amide bonds. The molecule has 3 heteroatoms. The summed E-state index contributed by atoms with van der Waals surface area (Å²) in [4.78, 5) is 4.23. The van der Waals surface area contributed by atoms with Gasteiger partial charge in [0.15, 0.2) is 6.23 Å². The van der Waals surface area contributed by atoms with Crippen LogP contribution in [-0.2, 0) is 11.4 Å². The van der Waals surface area contributed by atoms with Crippen molar-refractivity contribution in [2.24, 2.45) is 0 Å². The summed E-state index contributed by atoms with van der Waals surface area (Å²) in [6, 6.07) is 7.86. The zero-order valence-corrected chi connectivity index (χ0v) is 5.95. The Hall–Kier alpha value is -0.900. The maximum atomic E-state index is 8.45. The Morgan fingerprint density at radius 3 is 3.09 bits per heavy atom. The van der Waals surface area contributed by atoms with Crippen LogP contribution >= 0.6 is 0 Å². The van der Waals surface area contributed by atoms with Crippen LogP contribution in [0.4, 0.5) is 0 Å². The van der Waals surface area contributed by atoms with E-state index in [-0.39, 0.29) is 6.23 Å². The number of hydrogen-bond donors (Lipinski definition) is 2. The molecule has 1 aromatic carbocycles. The van der Waals surface area contributed by atoms with Crippen molar-refractivity contribution in [2.45, 2.75) is 12.8 Å². The molecule has 0 aromatic heterocycles. The molecule has 0 saturated heterocycles. The van der Waals surface area contributed by atoms with Crippen molar-refractivity contribution >= 4 is 0 Å². The largest absolute Gasteiger partial charge is 0.282 e. The second kappa shape index (κ2) is 2.62. The van der Waals surface area contributed by atoms with E-state index < -0.39 is 0 Å². The van der Waals surface area contributed by atoms with Crippen LogP contribution in [0.25, 0.3) is 0 Å². The van der Waals surface area contributed by atoms with Gasteiger partial charge in [0.25, 0.3) is 0 Å².